The molecule has 1 aromatic rings. The van der Waals surface area contributed by atoms with E-state index in [-0.39, 0.29) is 24.5 Å². The van der Waals surface area contributed by atoms with E-state index in [1.54, 1.807) is 22.3 Å². The van der Waals surface area contributed by atoms with Crippen LogP contribution in [-0.4, -0.2) is 31.5 Å². The zero-order valence-corrected chi connectivity index (χ0v) is 12.3. The second kappa shape index (κ2) is 7.42. The minimum Gasteiger partial charge on any atom is -0.335 e. The largest absolute Gasteiger partial charge is 0.335 e. The number of thiophene rings is 1. The van der Waals surface area contributed by atoms with Crippen molar-refractivity contribution in [3.8, 4) is 0 Å². The van der Waals surface area contributed by atoms with Gasteiger partial charge in [0.15, 0.2) is 0 Å². The predicted octanol–water partition coefficient (Wildman–Crippen LogP) is 1.33. The molecule has 0 radical (unpaired) electrons. The molecule has 5 nitrogen and oxygen atoms in total. The molecular weight excluding hydrogens is 284 g/mol. The van der Waals surface area contributed by atoms with Crippen LogP contribution in [0.2, 0.25) is 0 Å². The quantitative estimate of drug-likeness (QED) is 0.736. The maximum absolute atomic E-state index is 12.0. The lowest BCUT2D eigenvalue weighted by molar-refractivity contribution is -0.131. The molecule has 2 N–H and O–H groups in total. The number of nitrogens with two attached hydrogens (primary N) is 1. The summed E-state index contributed by atoms with van der Waals surface area (Å²) in [6, 6.07) is 1.96. The Hall–Kier alpha value is -1.18. The Labute approximate surface area is 117 Å². The molecule has 0 aliphatic rings. The summed E-state index contributed by atoms with van der Waals surface area (Å²) in [4.78, 5) is 13.6. The molecule has 1 rings (SSSR count). The van der Waals surface area contributed by atoms with Gasteiger partial charge in [-0.3, -0.25) is 4.79 Å². The van der Waals surface area contributed by atoms with Crippen molar-refractivity contribution in [1.29, 1.82) is 0 Å². The first kappa shape index (κ1) is 15.9. The van der Waals surface area contributed by atoms with Crippen LogP contribution in [0.1, 0.15) is 18.4 Å². The van der Waals surface area contributed by atoms with Crippen molar-refractivity contribution in [2.24, 2.45) is 5.14 Å². The van der Waals surface area contributed by atoms with Gasteiger partial charge in [0.05, 0.1) is 5.75 Å². The van der Waals surface area contributed by atoms with Gasteiger partial charge in [-0.25, -0.2) is 13.6 Å². The number of hydrogen-bond acceptors (Lipinski definition) is 4. The van der Waals surface area contributed by atoms with Crippen LogP contribution in [0, 0.1) is 0 Å². The highest BCUT2D eigenvalue weighted by Gasteiger charge is 2.14. The average molecular weight is 302 g/mol. The number of primary sulfonamides is 1. The number of hydrogen-bond donors (Lipinski definition) is 1. The number of sulfonamides is 1. The first-order valence-electron chi connectivity index (χ1n) is 5.82. The van der Waals surface area contributed by atoms with Gasteiger partial charge in [-0.15, -0.1) is 6.58 Å². The minimum absolute atomic E-state index is 0.0882. The number of carbonyl (C=O) groups is 1. The van der Waals surface area contributed by atoms with E-state index in [9.17, 15) is 13.2 Å². The number of rotatable bonds is 8. The van der Waals surface area contributed by atoms with Crippen molar-refractivity contribution < 1.29 is 13.2 Å². The predicted molar refractivity (Wildman–Crippen MR) is 77.1 cm³/mol. The third-order valence-electron chi connectivity index (χ3n) is 2.48. The smallest absolute Gasteiger partial charge is 0.223 e. The van der Waals surface area contributed by atoms with Crippen molar-refractivity contribution in [3.05, 3.63) is 35.0 Å². The van der Waals surface area contributed by atoms with Crippen molar-refractivity contribution >= 4 is 27.3 Å². The summed E-state index contributed by atoms with van der Waals surface area (Å²) in [5.74, 6) is -0.256. The van der Waals surface area contributed by atoms with E-state index in [0.29, 0.717) is 13.1 Å². The average Bonchev–Trinajstić information content (AvgIpc) is 2.79. The van der Waals surface area contributed by atoms with Crippen molar-refractivity contribution in [2.45, 2.75) is 19.4 Å². The van der Waals surface area contributed by atoms with E-state index in [4.69, 9.17) is 5.14 Å². The maximum atomic E-state index is 12.0. The molecule has 1 heterocycles. The molecule has 0 spiro atoms. The summed E-state index contributed by atoms with van der Waals surface area (Å²) in [5, 5.41) is 8.83. The second-order valence-corrected chi connectivity index (χ2v) is 6.68. The second-order valence-electron chi connectivity index (χ2n) is 4.17. The van der Waals surface area contributed by atoms with Gasteiger partial charge in [0.25, 0.3) is 0 Å². The van der Waals surface area contributed by atoms with Gasteiger partial charge in [-0.2, -0.15) is 11.3 Å². The molecular formula is C12H18N2O3S2. The molecule has 0 unspecified atom stereocenters. The Balaban J connectivity index is 2.50. The zero-order valence-electron chi connectivity index (χ0n) is 10.6. The van der Waals surface area contributed by atoms with Gasteiger partial charge in [0.2, 0.25) is 15.9 Å². The Bertz CT molecular complexity index is 509. The van der Waals surface area contributed by atoms with Crippen LogP contribution in [-0.2, 0) is 21.4 Å². The molecule has 19 heavy (non-hydrogen) atoms. The molecule has 7 heteroatoms. The lowest BCUT2D eigenvalue weighted by Gasteiger charge is -2.20. The molecule has 0 bridgehead atoms. The van der Waals surface area contributed by atoms with Crippen LogP contribution >= 0.6 is 11.3 Å². The van der Waals surface area contributed by atoms with Gasteiger partial charge in [-0.05, 0) is 28.8 Å². The molecule has 1 amide bonds. The summed E-state index contributed by atoms with van der Waals surface area (Å²) in [6.07, 6.45) is 2.08. The summed E-state index contributed by atoms with van der Waals surface area (Å²) < 4.78 is 21.6. The Morgan fingerprint density at radius 3 is 2.79 bits per heavy atom. The molecule has 0 fully saturated rings. The summed E-state index contributed by atoms with van der Waals surface area (Å²) >= 11 is 1.57. The van der Waals surface area contributed by atoms with Gasteiger partial charge >= 0.3 is 0 Å². The number of carbonyl (C=O) groups excluding carboxylic acids is 1. The normalized spacial score (nSPS) is 11.2. The lowest BCUT2D eigenvalue weighted by atomic mass is 10.2. The molecule has 106 valence electrons. The fourth-order valence-corrected chi connectivity index (χ4v) is 2.80. The standard InChI is InChI=1S/C12H18N2O3S2/c1-2-6-14(9-11-5-7-18-10-11)12(15)4-3-8-19(13,16)17/h2,5,7,10H,1,3-4,6,8-9H2,(H2,13,16,17). The first-order chi connectivity index (χ1) is 8.92. The van der Waals surface area contributed by atoms with Crippen molar-refractivity contribution in [1.82, 2.24) is 4.90 Å². The van der Waals surface area contributed by atoms with E-state index < -0.39 is 10.0 Å². The van der Waals surface area contributed by atoms with Crippen LogP contribution in [0.3, 0.4) is 0 Å². The fourth-order valence-electron chi connectivity index (χ4n) is 1.60. The van der Waals surface area contributed by atoms with Crippen LogP contribution < -0.4 is 5.14 Å². The summed E-state index contributed by atoms with van der Waals surface area (Å²) in [6.45, 7) is 4.59. The van der Waals surface area contributed by atoms with Crippen LogP contribution in [0.25, 0.3) is 0 Å². The third kappa shape index (κ3) is 6.51. The SMILES string of the molecule is C=CCN(Cc1ccsc1)C(=O)CCCS(N)(=O)=O. The topological polar surface area (TPSA) is 80.5 Å². The van der Waals surface area contributed by atoms with E-state index in [2.05, 4.69) is 6.58 Å². The van der Waals surface area contributed by atoms with Gasteiger partial charge in [0, 0.05) is 19.5 Å². The Morgan fingerprint density at radius 1 is 1.53 bits per heavy atom. The van der Waals surface area contributed by atoms with E-state index in [0.717, 1.165) is 5.56 Å². The maximum Gasteiger partial charge on any atom is 0.223 e. The first-order valence-corrected chi connectivity index (χ1v) is 8.48. The minimum atomic E-state index is -3.50. The Morgan fingerprint density at radius 2 is 2.26 bits per heavy atom. The highest BCUT2D eigenvalue weighted by atomic mass is 32.2. The lowest BCUT2D eigenvalue weighted by Crippen LogP contribution is -2.31. The van der Waals surface area contributed by atoms with Gasteiger partial charge in [0.1, 0.15) is 0 Å². The molecule has 1 aromatic heterocycles. The molecule has 0 atom stereocenters. The van der Waals surface area contributed by atoms with Crippen molar-refractivity contribution in [2.75, 3.05) is 12.3 Å². The number of nitrogens with zero attached hydrogens (tertiary/aromatic N) is 1. The fraction of sp³-hybridized carbons (Fsp3) is 0.417. The molecule has 0 saturated carbocycles. The monoisotopic (exact) mass is 302 g/mol. The third-order valence-corrected chi connectivity index (χ3v) is 4.06. The highest BCUT2D eigenvalue weighted by molar-refractivity contribution is 7.89. The van der Waals surface area contributed by atoms with E-state index in [1.165, 1.54) is 0 Å². The van der Waals surface area contributed by atoms with Crippen LogP contribution in [0.4, 0.5) is 0 Å². The molecule has 0 aliphatic carbocycles. The summed E-state index contributed by atoms with van der Waals surface area (Å²) in [7, 11) is -3.50. The van der Waals surface area contributed by atoms with Crippen LogP contribution in [0.5, 0.6) is 0 Å². The number of amides is 1. The molecule has 0 aliphatic heterocycles. The van der Waals surface area contributed by atoms with Crippen LogP contribution in [0.15, 0.2) is 29.5 Å². The molecule has 0 aromatic carbocycles. The Kier molecular flexibility index (Phi) is 6.20. The zero-order chi connectivity index (χ0) is 14.3. The van der Waals surface area contributed by atoms with Gasteiger partial charge < -0.3 is 4.90 Å². The molecule has 0 saturated heterocycles. The van der Waals surface area contributed by atoms with Gasteiger partial charge in [-0.1, -0.05) is 6.08 Å². The van der Waals surface area contributed by atoms with E-state index >= 15 is 0 Å². The summed E-state index contributed by atoms with van der Waals surface area (Å²) in [5.41, 5.74) is 1.06. The highest BCUT2D eigenvalue weighted by Crippen LogP contribution is 2.11. The van der Waals surface area contributed by atoms with E-state index in [1.807, 2.05) is 16.8 Å². The van der Waals surface area contributed by atoms with Crippen molar-refractivity contribution in [3.63, 3.8) is 0 Å².